The van der Waals surface area contributed by atoms with Gasteiger partial charge in [0.1, 0.15) is 0 Å². The van der Waals surface area contributed by atoms with Gasteiger partial charge in [0.2, 0.25) is 10.0 Å². The lowest BCUT2D eigenvalue weighted by Gasteiger charge is -2.32. The van der Waals surface area contributed by atoms with Gasteiger partial charge in [-0.1, -0.05) is 0 Å². The maximum absolute atomic E-state index is 12.3. The molecule has 1 aromatic carbocycles. The third kappa shape index (κ3) is 4.16. The molecular weight excluding hydrogens is 314 g/mol. The standard InChI is InChI=1S/C13H19N3O3S.ClH/c1-10-9-16(8-7-15-10)13(17)11-3-5-12(6-4-11)20(18,19)14-2;/h3-6,10,14-15H,7-9H2,1-2H3;1H. The van der Waals surface area contributed by atoms with E-state index in [2.05, 4.69) is 10.0 Å². The molecule has 1 fully saturated rings. The van der Waals surface area contributed by atoms with Crippen LogP contribution < -0.4 is 10.0 Å². The first kappa shape index (κ1) is 17.9. The summed E-state index contributed by atoms with van der Waals surface area (Å²) >= 11 is 0. The minimum absolute atomic E-state index is 0. The van der Waals surface area contributed by atoms with E-state index in [-0.39, 0.29) is 29.3 Å². The highest BCUT2D eigenvalue weighted by Crippen LogP contribution is 2.13. The van der Waals surface area contributed by atoms with Gasteiger partial charge in [0.05, 0.1) is 4.90 Å². The number of benzene rings is 1. The second kappa shape index (κ2) is 7.22. The third-order valence-corrected chi connectivity index (χ3v) is 4.77. The van der Waals surface area contributed by atoms with E-state index in [0.29, 0.717) is 18.7 Å². The molecule has 2 N–H and O–H groups in total. The summed E-state index contributed by atoms with van der Waals surface area (Å²) < 4.78 is 25.5. The maximum atomic E-state index is 12.3. The molecule has 21 heavy (non-hydrogen) atoms. The lowest BCUT2D eigenvalue weighted by Crippen LogP contribution is -2.51. The Morgan fingerprint density at radius 2 is 1.95 bits per heavy atom. The lowest BCUT2D eigenvalue weighted by molar-refractivity contribution is 0.0709. The number of amides is 1. The number of piperazine rings is 1. The van der Waals surface area contributed by atoms with E-state index in [1.807, 2.05) is 6.92 Å². The second-order valence-corrected chi connectivity index (χ2v) is 6.72. The fourth-order valence-electron chi connectivity index (χ4n) is 2.19. The molecule has 0 spiro atoms. The average Bonchev–Trinajstić information content (AvgIpc) is 2.46. The van der Waals surface area contributed by atoms with Gasteiger partial charge in [0, 0.05) is 31.2 Å². The molecule has 1 atom stereocenters. The first-order valence-corrected chi connectivity index (χ1v) is 7.98. The summed E-state index contributed by atoms with van der Waals surface area (Å²) in [7, 11) is -2.10. The fraction of sp³-hybridized carbons (Fsp3) is 0.462. The molecule has 1 saturated heterocycles. The largest absolute Gasteiger partial charge is 0.336 e. The fourth-order valence-corrected chi connectivity index (χ4v) is 2.92. The van der Waals surface area contributed by atoms with E-state index in [1.165, 1.54) is 19.2 Å². The average molecular weight is 334 g/mol. The summed E-state index contributed by atoms with van der Waals surface area (Å²) in [5, 5.41) is 3.27. The number of rotatable bonds is 3. The Hall–Kier alpha value is -1.15. The number of nitrogens with one attached hydrogen (secondary N) is 2. The molecular formula is C13H20ClN3O3S. The van der Waals surface area contributed by atoms with Crippen LogP contribution in [0.5, 0.6) is 0 Å². The van der Waals surface area contributed by atoms with Crippen molar-refractivity contribution < 1.29 is 13.2 Å². The van der Waals surface area contributed by atoms with Crippen molar-refractivity contribution >= 4 is 28.3 Å². The molecule has 0 aromatic heterocycles. The Bertz CT molecular complexity index is 589. The highest BCUT2D eigenvalue weighted by Gasteiger charge is 2.22. The van der Waals surface area contributed by atoms with Crippen LogP contribution in [0.1, 0.15) is 17.3 Å². The number of carbonyl (C=O) groups is 1. The van der Waals surface area contributed by atoms with Crippen molar-refractivity contribution in [3.05, 3.63) is 29.8 Å². The van der Waals surface area contributed by atoms with Gasteiger partial charge in [0.15, 0.2) is 0 Å². The van der Waals surface area contributed by atoms with Crippen LogP contribution in [0.25, 0.3) is 0 Å². The van der Waals surface area contributed by atoms with Gasteiger partial charge in [-0.05, 0) is 38.2 Å². The van der Waals surface area contributed by atoms with Crippen molar-refractivity contribution in [1.29, 1.82) is 0 Å². The van der Waals surface area contributed by atoms with E-state index in [4.69, 9.17) is 0 Å². The van der Waals surface area contributed by atoms with Crippen LogP contribution in [0.2, 0.25) is 0 Å². The summed E-state index contributed by atoms with van der Waals surface area (Å²) in [5.41, 5.74) is 0.508. The molecule has 1 amide bonds. The van der Waals surface area contributed by atoms with Gasteiger partial charge in [-0.25, -0.2) is 13.1 Å². The first-order valence-electron chi connectivity index (χ1n) is 6.50. The molecule has 8 heteroatoms. The Morgan fingerprint density at radius 1 is 1.33 bits per heavy atom. The van der Waals surface area contributed by atoms with Gasteiger partial charge < -0.3 is 10.2 Å². The van der Waals surface area contributed by atoms with E-state index in [1.54, 1.807) is 17.0 Å². The minimum Gasteiger partial charge on any atom is -0.336 e. The van der Waals surface area contributed by atoms with Crippen molar-refractivity contribution in [2.24, 2.45) is 0 Å². The van der Waals surface area contributed by atoms with E-state index in [0.717, 1.165) is 6.54 Å². The molecule has 6 nitrogen and oxygen atoms in total. The third-order valence-electron chi connectivity index (χ3n) is 3.34. The maximum Gasteiger partial charge on any atom is 0.253 e. The molecule has 0 aliphatic carbocycles. The highest BCUT2D eigenvalue weighted by atomic mass is 35.5. The van der Waals surface area contributed by atoms with Crippen molar-refractivity contribution in [3.8, 4) is 0 Å². The molecule has 1 aliphatic rings. The lowest BCUT2D eigenvalue weighted by atomic mass is 10.1. The van der Waals surface area contributed by atoms with E-state index < -0.39 is 10.0 Å². The predicted octanol–water partition coefficient (Wildman–Crippen LogP) is 0.450. The quantitative estimate of drug-likeness (QED) is 0.842. The number of carbonyl (C=O) groups excluding carboxylic acids is 1. The summed E-state index contributed by atoms with van der Waals surface area (Å²) in [6.45, 7) is 4.14. The summed E-state index contributed by atoms with van der Waals surface area (Å²) in [6, 6.07) is 6.28. The minimum atomic E-state index is -3.46. The molecule has 2 rings (SSSR count). The Morgan fingerprint density at radius 3 is 2.48 bits per heavy atom. The summed E-state index contributed by atoms with van der Waals surface area (Å²) in [5.74, 6) is -0.0632. The normalized spacial score (nSPS) is 19.0. The van der Waals surface area contributed by atoms with Gasteiger partial charge in [0.25, 0.3) is 5.91 Å². The van der Waals surface area contributed by atoms with Crippen LogP contribution in [0, 0.1) is 0 Å². The van der Waals surface area contributed by atoms with E-state index >= 15 is 0 Å². The monoisotopic (exact) mass is 333 g/mol. The van der Waals surface area contributed by atoms with Crippen LogP contribution in [0.3, 0.4) is 0 Å². The topological polar surface area (TPSA) is 78.5 Å². The number of halogens is 1. The number of nitrogens with zero attached hydrogens (tertiary/aromatic N) is 1. The number of sulfonamides is 1. The highest BCUT2D eigenvalue weighted by molar-refractivity contribution is 7.89. The molecule has 0 radical (unpaired) electrons. The molecule has 118 valence electrons. The van der Waals surface area contributed by atoms with Crippen molar-refractivity contribution in [2.45, 2.75) is 17.9 Å². The first-order chi connectivity index (χ1) is 9.44. The molecule has 0 bridgehead atoms. The van der Waals surface area contributed by atoms with Crippen LogP contribution in [-0.4, -0.2) is 51.9 Å². The van der Waals surface area contributed by atoms with Crippen LogP contribution in [0.4, 0.5) is 0 Å². The number of hydrogen-bond donors (Lipinski definition) is 2. The molecule has 1 unspecified atom stereocenters. The summed E-state index contributed by atoms with van der Waals surface area (Å²) in [4.78, 5) is 14.2. The van der Waals surface area contributed by atoms with Gasteiger partial charge in [-0.3, -0.25) is 4.79 Å². The molecule has 1 aliphatic heterocycles. The predicted molar refractivity (Wildman–Crippen MR) is 83.3 cm³/mol. The summed E-state index contributed by atoms with van der Waals surface area (Å²) in [6.07, 6.45) is 0. The van der Waals surface area contributed by atoms with Crippen molar-refractivity contribution in [3.63, 3.8) is 0 Å². The Kier molecular flexibility index (Phi) is 6.15. The second-order valence-electron chi connectivity index (χ2n) is 4.84. The van der Waals surface area contributed by atoms with Gasteiger partial charge in [-0.15, -0.1) is 12.4 Å². The zero-order chi connectivity index (χ0) is 14.8. The SMILES string of the molecule is CNS(=O)(=O)c1ccc(C(=O)N2CCNC(C)C2)cc1.Cl. The molecule has 1 heterocycles. The zero-order valence-electron chi connectivity index (χ0n) is 12.0. The smallest absolute Gasteiger partial charge is 0.253 e. The van der Waals surface area contributed by atoms with Crippen LogP contribution in [-0.2, 0) is 10.0 Å². The molecule has 1 aromatic rings. The van der Waals surface area contributed by atoms with Crippen molar-refractivity contribution in [1.82, 2.24) is 14.9 Å². The van der Waals surface area contributed by atoms with E-state index in [9.17, 15) is 13.2 Å². The zero-order valence-corrected chi connectivity index (χ0v) is 13.6. The van der Waals surface area contributed by atoms with Crippen LogP contribution in [0.15, 0.2) is 29.2 Å². The van der Waals surface area contributed by atoms with Crippen LogP contribution >= 0.6 is 12.4 Å². The van der Waals surface area contributed by atoms with Gasteiger partial charge >= 0.3 is 0 Å². The van der Waals surface area contributed by atoms with Crippen molar-refractivity contribution in [2.75, 3.05) is 26.7 Å². The Labute approximate surface area is 131 Å². The van der Waals surface area contributed by atoms with Gasteiger partial charge in [-0.2, -0.15) is 0 Å². The number of hydrogen-bond acceptors (Lipinski definition) is 4. The Balaban J connectivity index is 0.00000220. The molecule has 0 saturated carbocycles.